The molecule has 0 amide bonds. The molecule has 0 fully saturated rings. The van der Waals surface area contributed by atoms with E-state index in [1.807, 2.05) is 18.8 Å². The highest BCUT2D eigenvalue weighted by atomic mass is 79.9. The smallest absolute Gasteiger partial charge is 0.0450 e. The average molecular weight is 258 g/mol. The fraction of sp³-hybridized carbons (Fsp3) is 0.400. The molecule has 2 rings (SSSR count). The quantitative estimate of drug-likeness (QED) is 0.830. The highest BCUT2D eigenvalue weighted by molar-refractivity contribution is 9.10. The third-order valence-corrected chi connectivity index (χ3v) is 4.68. The number of thioether (sulfide) groups is 1. The minimum Gasteiger partial charge on any atom is -0.312 e. The molecule has 0 bridgehead atoms. The predicted octanol–water partition coefficient (Wildman–Crippen LogP) is 3.20. The van der Waals surface area contributed by atoms with E-state index < -0.39 is 0 Å². The van der Waals surface area contributed by atoms with E-state index in [9.17, 15) is 0 Å². The van der Waals surface area contributed by atoms with Crippen LogP contribution in [0.3, 0.4) is 0 Å². The fourth-order valence-electron chi connectivity index (χ4n) is 1.79. The van der Waals surface area contributed by atoms with Crippen LogP contribution in [0.15, 0.2) is 27.6 Å². The number of hydrogen-bond acceptors (Lipinski definition) is 2. The minimum atomic E-state index is 0.498. The molecule has 1 nitrogen and oxygen atoms in total. The van der Waals surface area contributed by atoms with Gasteiger partial charge in [0.2, 0.25) is 0 Å². The van der Waals surface area contributed by atoms with Gasteiger partial charge in [-0.05, 0) is 34.6 Å². The van der Waals surface area contributed by atoms with Crippen LogP contribution in [0.2, 0.25) is 0 Å². The van der Waals surface area contributed by atoms with E-state index in [1.165, 1.54) is 14.9 Å². The Morgan fingerprint density at radius 2 is 2.23 bits per heavy atom. The van der Waals surface area contributed by atoms with Crippen LogP contribution in [0.1, 0.15) is 18.5 Å². The number of halogens is 1. The fourth-order valence-corrected chi connectivity index (χ4v) is 3.76. The van der Waals surface area contributed by atoms with Crippen molar-refractivity contribution in [2.75, 3.05) is 7.05 Å². The van der Waals surface area contributed by atoms with E-state index in [4.69, 9.17) is 0 Å². The Labute approximate surface area is 91.4 Å². The third-order valence-electron chi connectivity index (χ3n) is 2.42. The van der Waals surface area contributed by atoms with E-state index >= 15 is 0 Å². The van der Waals surface area contributed by atoms with Crippen molar-refractivity contribution in [3.05, 3.63) is 28.2 Å². The summed E-state index contributed by atoms with van der Waals surface area (Å²) in [7, 11) is 2.03. The summed E-state index contributed by atoms with van der Waals surface area (Å²) in [4.78, 5) is 1.40. The molecule has 2 atom stereocenters. The van der Waals surface area contributed by atoms with Gasteiger partial charge in [0.05, 0.1) is 0 Å². The van der Waals surface area contributed by atoms with Crippen LogP contribution in [-0.4, -0.2) is 12.3 Å². The summed E-state index contributed by atoms with van der Waals surface area (Å²) in [6.07, 6.45) is 0. The van der Waals surface area contributed by atoms with Crippen molar-refractivity contribution in [1.29, 1.82) is 0 Å². The molecule has 0 saturated carbocycles. The van der Waals surface area contributed by atoms with Gasteiger partial charge in [0.25, 0.3) is 0 Å². The van der Waals surface area contributed by atoms with Crippen molar-refractivity contribution in [2.45, 2.75) is 23.1 Å². The Hall–Kier alpha value is 0.01000. The van der Waals surface area contributed by atoms with Gasteiger partial charge in [-0.1, -0.05) is 19.1 Å². The Bertz CT molecular complexity index is 327. The Balaban J connectivity index is 2.48. The zero-order valence-electron chi connectivity index (χ0n) is 7.67. The molecule has 13 heavy (non-hydrogen) atoms. The van der Waals surface area contributed by atoms with Crippen LogP contribution >= 0.6 is 27.7 Å². The molecule has 0 aromatic heterocycles. The topological polar surface area (TPSA) is 12.0 Å². The van der Waals surface area contributed by atoms with E-state index in [0.29, 0.717) is 11.3 Å². The Kier molecular flexibility index (Phi) is 2.67. The Morgan fingerprint density at radius 1 is 1.46 bits per heavy atom. The standard InChI is InChI=1S/C10H12BrNS/c1-6-9(12-2)7-4-3-5-8(11)10(7)13-6/h3-6,9,12H,1-2H3. The zero-order chi connectivity index (χ0) is 9.42. The second kappa shape index (κ2) is 3.64. The summed E-state index contributed by atoms with van der Waals surface area (Å²) in [5.41, 5.74) is 1.43. The first-order valence-corrected chi connectivity index (χ1v) is 6.03. The molecule has 3 heteroatoms. The van der Waals surface area contributed by atoms with Gasteiger partial charge in [-0.2, -0.15) is 0 Å². The average Bonchev–Trinajstić information content (AvgIpc) is 2.43. The van der Waals surface area contributed by atoms with Gasteiger partial charge in [0, 0.05) is 20.7 Å². The van der Waals surface area contributed by atoms with E-state index in [-0.39, 0.29) is 0 Å². The first-order chi connectivity index (χ1) is 6.24. The predicted molar refractivity (Wildman–Crippen MR) is 61.3 cm³/mol. The summed E-state index contributed by atoms with van der Waals surface area (Å²) in [6.45, 7) is 2.26. The molecular formula is C10H12BrNS. The van der Waals surface area contributed by atoms with E-state index in [1.54, 1.807) is 0 Å². The molecule has 1 heterocycles. The van der Waals surface area contributed by atoms with Crippen molar-refractivity contribution < 1.29 is 0 Å². The summed E-state index contributed by atoms with van der Waals surface area (Å²) < 4.78 is 1.22. The van der Waals surface area contributed by atoms with Crippen LogP contribution in [0.5, 0.6) is 0 Å². The van der Waals surface area contributed by atoms with E-state index in [0.717, 1.165) is 0 Å². The number of nitrogens with one attached hydrogen (secondary N) is 1. The van der Waals surface area contributed by atoms with Crippen molar-refractivity contribution in [3.63, 3.8) is 0 Å². The van der Waals surface area contributed by atoms with Gasteiger partial charge in [-0.25, -0.2) is 0 Å². The van der Waals surface area contributed by atoms with Crippen LogP contribution < -0.4 is 5.32 Å². The second-order valence-electron chi connectivity index (χ2n) is 3.25. The molecule has 1 N–H and O–H groups in total. The first-order valence-electron chi connectivity index (χ1n) is 4.36. The molecule has 0 spiro atoms. The van der Waals surface area contributed by atoms with Crippen molar-refractivity contribution in [3.8, 4) is 0 Å². The minimum absolute atomic E-state index is 0.498. The largest absolute Gasteiger partial charge is 0.312 e. The lowest BCUT2D eigenvalue weighted by Crippen LogP contribution is -2.21. The summed E-state index contributed by atoms with van der Waals surface area (Å²) in [6, 6.07) is 6.91. The van der Waals surface area contributed by atoms with Crippen LogP contribution in [0.4, 0.5) is 0 Å². The lowest BCUT2D eigenvalue weighted by molar-refractivity contribution is 0.595. The van der Waals surface area contributed by atoms with Crippen LogP contribution in [0, 0.1) is 0 Å². The van der Waals surface area contributed by atoms with Crippen LogP contribution in [-0.2, 0) is 0 Å². The van der Waals surface area contributed by atoms with Crippen molar-refractivity contribution in [2.24, 2.45) is 0 Å². The SMILES string of the molecule is CNC1c2cccc(Br)c2SC1C. The monoisotopic (exact) mass is 257 g/mol. The van der Waals surface area contributed by atoms with Gasteiger partial charge < -0.3 is 5.32 Å². The maximum atomic E-state index is 3.58. The highest BCUT2D eigenvalue weighted by Crippen LogP contribution is 2.46. The van der Waals surface area contributed by atoms with Gasteiger partial charge in [0.1, 0.15) is 0 Å². The highest BCUT2D eigenvalue weighted by Gasteiger charge is 2.29. The molecule has 1 aliphatic heterocycles. The maximum Gasteiger partial charge on any atom is 0.0450 e. The molecule has 1 aromatic carbocycles. The lowest BCUT2D eigenvalue weighted by Gasteiger charge is -2.13. The second-order valence-corrected chi connectivity index (χ2v) is 5.49. The molecule has 0 saturated heterocycles. The number of rotatable bonds is 1. The lowest BCUT2D eigenvalue weighted by atomic mass is 10.1. The molecule has 2 unspecified atom stereocenters. The normalized spacial score (nSPS) is 26.1. The van der Waals surface area contributed by atoms with E-state index in [2.05, 4.69) is 46.4 Å². The van der Waals surface area contributed by atoms with Crippen molar-refractivity contribution >= 4 is 27.7 Å². The number of fused-ring (bicyclic) bond motifs is 1. The maximum absolute atomic E-state index is 3.58. The summed E-state index contributed by atoms with van der Waals surface area (Å²) >= 11 is 5.52. The molecule has 1 aromatic rings. The van der Waals surface area contributed by atoms with Gasteiger partial charge in [-0.3, -0.25) is 0 Å². The molecule has 1 aliphatic rings. The van der Waals surface area contributed by atoms with Crippen LogP contribution in [0.25, 0.3) is 0 Å². The van der Waals surface area contributed by atoms with Gasteiger partial charge in [0.15, 0.2) is 0 Å². The summed E-state index contributed by atoms with van der Waals surface area (Å²) in [5.74, 6) is 0. The zero-order valence-corrected chi connectivity index (χ0v) is 10.1. The molecule has 70 valence electrons. The molecule has 0 radical (unpaired) electrons. The first kappa shape index (κ1) is 9.56. The molecular weight excluding hydrogens is 246 g/mol. The van der Waals surface area contributed by atoms with Gasteiger partial charge in [-0.15, -0.1) is 11.8 Å². The molecule has 0 aliphatic carbocycles. The van der Waals surface area contributed by atoms with Gasteiger partial charge >= 0.3 is 0 Å². The van der Waals surface area contributed by atoms with Crippen molar-refractivity contribution in [1.82, 2.24) is 5.32 Å². The number of hydrogen-bond donors (Lipinski definition) is 1. The Morgan fingerprint density at radius 3 is 2.92 bits per heavy atom. The third kappa shape index (κ3) is 1.53. The number of benzene rings is 1. The summed E-state index contributed by atoms with van der Waals surface area (Å²) in [5, 5.41) is 3.98.